The largest absolute Gasteiger partial charge is 0.385 e. The Labute approximate surface area is 131 Å². The maximum atomic E-state index is 12.3. The van der Waals surface area contributed by atoms with Crippen LogP contribution in [0.1, 0.15) is 27.7 Å². The van der Waals surface area contributed by atoms with Gasteiger partial charge in [-0.3, -0.25) is 4.79 Å². The van der Waals surface area contributed by atoms with Crippen LogP contribution in [0, 0.1) is 6.92 Å². The van der Waals surface area contributed by atoms with Gasteiger partial charge in [-0.2, -0.15) is 0 Å². The molecular formula is C15H17BrN2OS. The molecule has 0 saturated heterocycles. The Kier molecular flexibility index (Phi) is 5.20. The third-order valence-electron chi connectivity index (χ3n) is 2.84. The number of amides is 1. The minimum Gasteiger partial charge on any atom is -0.385 e. The van der Waals surface area contributed by atoms with Crippen LogP contribution in [0.2, 0.25) is 0 Å². The summed E-state index contributed by atoms with van der Waals surface area (Å²) < 4.78 is 1.07. The predicted octanol–water partition coefficient (Wildman–Crippen LogP) is 4.18. The Hall–Kier alpha value is -1.33. The number of aryl methyl sites for hydroxylation is 1. The van der Waals surface area contributed by atoms with Crippen molar-refractivity contribution >= 4 is 38.9 Å². The zero-order valence-corrected chi connectivity index (χ0v) is 13.9. The number of benzene rings is 1. The molecule has 0 unspecified atom stereocenters. The number of carbonyl (C=O) groups is 1. The van der Waals surface area contributed by atoms with E-state index in [9.17, 15) is 4.79 Å². The van der Waals surface area contributed by atoms with Gasteiger partial charge in [0.25, 0.3) is 5.91 Å². The van der Waals surface area contributed by atoms with Crippen molar-refractivity contribution in [2.24, 2.45) is 0 Å². The Morgan fingerprint density at radius 3 is 2.75 bits per heavy atom. The van der Waals surface area contributed by atoms with E-state index in [-0.39, 0.29) is 5.91 Å². The van der Waals surface area contributed by atoms with E-state index >= 15 is 0 Å². The van der Waals surface area contributed by atoms with Crippen LogP contribution in [0.4, 0.5) is 5.69 Å². The van der Waals surface area contributed by atoms with Gasteiger partial charge in [0.05, 0.1) is 15.9 Å². The van der Waals surface area contributed by atoms with Gasteiger partial charge in [0.1, 0.15) is 0 Å². The zero-order valence-electron chi connectivity index (χ0n) is 11.5. The second-order valence-electron chi connectivity index (χ2n) is 4.47. The van der Waals surface area contributed by atoms with Crippen LogP contribution in [0.25, 0.3) is 0 Å². The molecule has 0 aliphatic carbocycles. The van der Waals surface area contributed by atoms with Crippen molar-refractivity contribution in [3.05, 3.63) is 50.1 Å². The van der Waals surface area contributed by atoms with Crippen LogP contribution in [0.5, 0.6) is 0 Å². The second-order valence-corrected chi connectivity index (χ2v) is 7.02. The minimum absolute atomic E-state index is 0.0505. The number of nitrogens with one attached hydrogen (secondary N) is 2. The van der Waals surface area contributed by atoms with Crippen molar-refractivity contribution in [3.63, 3.8) is 0 Å². The quantitative estimate of drug-likeness (QED) is 0.847. The summed E-state index contributed by atoms with van der Waals surface area (Å²) in [6.45, 7) is 5.38. The topological polar surface area (TPSA) is 41.1 Å². The van der Waals surface area contributed by atoms with E-state index in [2.05, 4.69) is 26.6 Å². The molecule has 0 aliphatic heterocycles. The summed E-state index contributed by atoms with van der Waals surface area (Å²) in [6, 6.07) is 9.82. The van der Waals surface area contributed by atoms with Gasteiger partial charge >= 0.3 is 0 Å². The molecule has 0 radical (unpaired) electrons. The van der Waals surface area contributed by atoms with E-state index in [1.807, 2.05) is 44.2 Å². The first-order valence-corrected chi connectivity index (χ1v) is 8.08. The molecule has 106 valence electrons. The standard InChI is InChI=1S/C15H17BrN2OS/c1-3-17-13-8-10(2)4-6-12(13)15(19)18-9-11-5-7-14(16)20-11/h4-8,17H,3,9H2,1-2H3,(H,18,19). The van der Waals surface area contributed by atoms with Crippen LogP contribution < -0.4 is 10.6 Å². The number of thiophene rings is 1. The molecular weight excluding hydrogens is 336 g/mol. The molecule has 20 heavy (non-hydrogen) atoms. The summed E-state index contributed by atoms with van der Waals surface area (Å²) in [4.78, 5) is 13.4. The third-order valence-corrected chi connectivity index (χ3v) is 4.46. The lowest BCUT2D eigenvalue weighted by Gasteiger charge is -2.11. The Balaban J connectivity index is 2.08. The monoisotopic (exact) mass is 352 g/mol. The van der Waals surface area contributed by atoms with Crippen molar-refractivity contribution in [2.45, 2.75) is 20.4 Å². The molecule has 0 atom stereocenters. The highest BCUT2D eigenvalue weighted by Gasteiger charge is 2.11. The first-order valence-electron chi connectivity index (χ1n) is 6.47. The normalized spacial score (nSPS) is 10.3. The first-order chi connectivity index (χ1) is 9.60. The molecule has 2 aromatic rings. The minimum atomic E-state index is -0.0505. The highest BCUT2D eigenvalue weighted by molar-refractivity contribution is 9.11. The average molecular weight is 353 g/mol. The lowest BCUT2D eigenvalue weighted by atomic mass is 10.1. The fraction of sp³-hybridized carbons (Fsp3) is 0.267. The summed E-state index contributed by atoms with van der Waals surface area (Å²) >= 11 is 5.05. The molecule has 1 amide bonds. The summed E-state index contributed by atoms with van der Waals surface area (Å²) in [6.07, 6.45) is 0. The van der Waals surface area contributed by atoms with Crippen LogP contribution in [-0.4, -0.2) is 12.5 Å². The van der Waals surface area contributed by atoms with E-state index in [1.165, 1.54) is 0 Å². The molecule has 0 bridgehead atoms. The Morgan fingerprint density at radius 1 is 1.30 bits per heavy atom. The predicted molar refractivity (Wildman–Crippen MR) is 88.5 cm³/mol. The fourth-order valence-corrected chi connectivity index (χ4v) is 3.33. The number of carbonyl (C=O) groups excluding carboxylic acids is 1. The summed E-state index contributed by atoms with van der Waals surface area (Å²) in [5.74, 6) is -0.0505. The van der Waals surface area contributed by atoms with Crippen LogP contribution in [-0.2, 0) is 6.54 Å². The van der Waals surface area contributed by atoms with Gasteiger partial charge in [0, 0.05) is 17.1 Å². The second kappa shape index (κ2) is 6.90. The average Bonchev–Trinajstić information content (AvgIpc) is 2.82. The molecule has 0 aliphatic rings. The number of halogens is 1. The SMILES string of the molecule is CCNc1cc(C)ccc1C(=O)NCc1ccc(Br)s1. The van der Waals surface area contributed by atoms with E-state index < -0.39 is 0 Å². The molecule has 1 heterocycles. The molecule has 5 heteroatoms. The van der Waals surface area contributed by atoms with E-state index in [4.69, 9.17) is 0 Å². The highest BCUT2D eigenvalue weighted by Crippen LogP contribution is 2.22. The van der Waals surface area contributed by atoms with E-state index in [0.29, 0.717) is 12.1 Å². The first kappa shape index (κ1) is 15.1. The molecule has 0 fully saturated rings. The van der Waals surface area contributed by atoms with Crippen molar-refractivity contribution in [1.29, 1.82) is 0 Å². The fourth-order valence-electron chi connectivity index (χ4n) is 1.90. The van der Waals surface area contributed by atoms with Crippen molar-refractivity contribution in [2.75, 3.05) is 11.9 Å². The number of hydrogen-bond donors (Lipinski definition) is 2. The van der Waals surface area contributed by atoms with Crippen molar-refractivity contribution in [1.82, 2.24) is 5.32 Å². The molecule has 3 nitrogen and oxygen atoms in total. The number of rotatable bonds is 5. The molecule has 1 aromatic carbocycles. The van der Waals surface area contributed by atoms with Gasteiger partial charge in [-0.05, 0) is 59.6 Å². The maximum Gasteiger partial charge on any atom is 0.253 e. The zero-order chi connectivity index (χ0) is 14.5. The highest BCUT2D eigenvalue weighted by atomic mass is 79.9. The molecule has 2 rings (SSSR count). The summed E-state index contributed by atoms with van der Waals surface area (Å²) in [5.41, 5.74) is 2.71. The number of anilines is 1. The van der Waals surface area contributed by atoms with Gasteiger partial charge in [-0.25, -0.2) is 0 Å². The Bertz CT molecular complexity index is 610. The van der Waals surface area contributed by atoms with E-state index in [0.717, 1.165) is 26.5 Å². The van der Waals surface area contributed by atoms with Crippen LogP contribution in [0.15, 0.2) is 34.1 Å². The van der Waals surface area contributed by atoms with Crippen LogP contribution in [0.3, 0.4) is 0 Å². The summed E-state index contributed by atoms with van der Waals surface area (Å²) in [5, 5.41) is 6.19. The maximum absolute atomic E-state index is 12.3. The summed E-state index contributed by atoms with van der Waals surface area (Å²) in [7, 11) is 0. The lowest BCUT2D eigenvalue weighted by Crippen LogP contribution is -2.23. The van der Waals surface area contributed by atoms with Gasteiger partial charge in [0.2, 0.25) is 0 Å². The molecule has 0 saturated carbocycles. The van der Waals surface area contributed by atoms with Gasteiger partial charge in [-0.15, -0.1) is 11.3 Å². The van der Waals surface area contributed by atoms with Gasteiger partial charge in [-0.1, -0.05) is 6.07 Å². The lowest BCUT2D eigenvalue weighted by molar-refractivity contribution is 0.0952. The molecule has 0 spiro atoms. The Morgan fingerprint density at radius 2 is 2.10 bits per heavy atom. The smallest absolute Gasteiger partial charge is 0.253 e. The van der Waals surface area contributed by atoms with E-state index in [1.54, 1.807) is 11.3 Å². The molecule has 2 N–H and O–H groups in total. The van der Waals surface area contributed by atoms with Crippen LogP contribution >= 0.6 is 27.3 Å². The number of hydrogen-bond acceptors (Lipinski definition) is 3. The molecule has 1 aromatic heterocycles. The third kappa shape index (κ3) is 3.84. The van der Waals surface area contributed by atoms with Gasteiger partial charge in [0.15, 0.2) is 0 Å². The van der Waals surface area contributed by atoms with Crippen molar-refractivity contribution in [3.8, 4) is 0 Å². The van der Waals surface area contributed by atoms with Crippen molar-refractivity contribution < 1.29 is 4.79 Å². The van der Waals surface area contributed by atoms with Gasteiger partial charge < -0.3 is 10.6 Å².